The number of nitrogens with zero attached hydrogens (tertiary/aromatic N) is 1. The second kappa shape index (κ2) is 5.50. The minimum Gasteiger partial charge on any atom is -0.312 e. The van der Waals surface area contributed by atoms with Gasteiger partial charge in [0.15, 0.2) is 0 Å². The van der Waals surface area contributed by atoms with Gasteiger partial charge in [0.05, 0.1) is 0 Å². The van der Waals surface area contributed by atoms with E-state index in [0.29, 0.717) is 6.04 Å². The standard InChI is InChI=1S/C14H28N2/c1-11-4-6-13(7-5-11)15-10-12(2)16(3)14-8-9-14/h11-15H,4-10H2,1-3H3. The summed E-state index contributed by atoms with van der Waals surface area (Å²) in [5, 5.41) is 3.76. The first-order valence-corrected chi connectivity index (χ1v) is 7.12. The highest BCUT2D eigenvalue weighted by atomic mass is 15.2. The molecule has 2 heteroatoms. The summed E-state index contributed by atoms with van der Waals surface area (Å²) >= 11 is 0. The predicted octanol–water partition coefficient (Wildman–Crippen LogP) is 2.64. The van der Waals surface area contributed by atoms with Gasteiger partial charge in [-0.15, -0.1) is 0 Å². The van der Waals surface area contributed by atoms with Crippen LogP contribution in [0.15, 0.2) is 0 Å². The maximum absolute atomic E-state index is 3.76. The van der Waals surface area contributed by atoms with E-state index in [-0.39, 0.29) is 0 Å². The maximum Gasteiger partial charge on any atom is 0.0192 e. The van der Waals surface area contributed by atoms with E-state index in [4.69, 9.17) is 0 Å². The van der Waals surface area contributed by atoms with Gasteiger partial charge < -0.3 is 5.32 Å². The third kappa shape index (κ3) is 3.46. The van der Waals surface area contributed by atoms with Gasteiger partial charge in [-0.2, -0.15) is 0 Å². The summed E-state index contributed by atoms with van der Waals surface area (Å²) in [5.41, 5.74) is 0. The molecule has 2 aliphatic carbocycles. The Hall–Kier alpha value is -0.0800. The summed E-state index contributed by atoms with van der Waals surface area (Å²) in [6.07, 6.45) is 8.46. The van der Waals surface area contributed by atoms with Crippen molar-refractivity contribution >= 4 is 0 Å². The molecule has 0 aromatic rings. The van der Waals surface area contributed by atoms with Crippen LogP contribution in [-0.4, -0.2) is 36.6 Å². The van der Waals surface area contributed by atoms with Crippen LogP contribution >= 0.6 is 0 Å². The minimum absolute atomic E-state index is 0.701. The van der Waals surface area contributed by atoms with Gasteiger partial charge in [-0.25, -0.2) is 0 Å². The highest BCUT2D eigenvalue weighted by Crippen LogP contribution is 2.27. The minimum atomic E-state index is 0.701. The van der Waals surface area contributed by atoms with Crippen LogP contribution in [0.3, 0.4) is 0 Å². The summed E-state index contributed by atoms with van der Waals surface area (Å²) < 4.78 is 0. The zero-order valence-electron chi connectivity index (χ0n) is 11.2. The van der Waals surface area contributed by atoms with Gasteiger partial charge >= 0.3 is 0 Å². The van der Waals surface area contributed by atoms with E-state index in [0.717, 1.165) is 18.0 Å². The molecule has 0 spiro atoms. The first-order valence-electron chi connectivity index (χ1n) is 7.12. The topological polar surface area (TPSA) is 15.3 Å². The van der Waals surface area contributed by atoms with Crippen LogP contribution in [0.4, 0.5) is 0 Å². The number of rotatable bonds is 5. The molecule has 2 fully saturated rings. The van der Waals surface area contributed by atoms with Crippen molar-refractivity contribution in [1.82, 2.24) is 10.2 Å². The molecule has 2 nitrogen and oxygen atoms in total. The van der Waals surface area contributed by atoms with E-state index in [2.05, 4.69) is 31.1 Å². The second-order valence-corrected chi connectivity index (χ2v) is 6.11. The Morgan fingerprint density at radius 1 is 1.12 bits per heavy atom. The molecule has 0 heterocycles. The number of hydrogen-bond donors (Lipinski definition) is 1. The summed E-state index contributed by atoms with van der Waals surface area (Å²) in [6, 6.07) is 2.39. The van der Waals surface area contributed by atoms with E-state index >= 15 is 0 Å². The molecule has 0 aromatic carbocycles. The Bertz CT molecular complexity index is 205. The van der Waals surface area contributed by atoms with Crippen LogP contribution in [-0.2, 0) is 0 Å². The molecule has 0 saturated heterocycles. The maximum atomic E-state index is 3.76. The van der Waals surface area contributed by atoms with Crippen molar-refractivity contribution in [2.24, 2.45) is 5.92 Å². The Balaban J connectivity index is 1.62. The van der Waals surface area contributed by atoms with Crippen LogP contribution < -0.4 is 5.32 Å². The fourth-order valence-corrected chi connectivity index (χ4v) is 2.79. The van der Waals surface area contributed by atoms with Gasteiger partial charge in [-0.3, -0.25) is 4.90 Å². The molecule has 1 N–H and O–H groups in total. The lowest BCUT2D eigenvalue weighted by Crippen LogP contribution is -2.43. The Morgan fingerprint density at radius 3 is 2.31 bits per heavy atom. The van der Waals surface area contributed by atoms with Crippen molar-refractivity contribution in [2.45, 2.75) is 70.5 Å². The van der Waals surface area contributed by atoms with Crippen molar-refractivity contribution in [1.29, 1.82) is 0 Å². The third-order valence-corrected chi connectivity index (χ3v) is 4.54. The van der Waals surface area contributed by atoms with E-state index in [9.17, 15) is 0 Å². The van der Waals surface area contributed by atoms with E-state index in [1.807, 2.05) is 0 Å². The molecule has 16 heavy (non-hydrogen) atoms. The lowest BCUT2D eigenvalue weighted by atomic mass is 9.87. The molecule has 0 radical (unpaired) electrons. The van der Waals surface area contributed by atoms with Gasteiger partial charge in [0, 0.05) is 24.7 Å². The number of nitrogens with one attached hydrogen (secondary N) is 1. The average Bonchev–Trinajstić information content (AvgIpc) is 3.11. The molecule has 0 aliphatic heterocycles. The first kappa shape index (κ1) is 12.4. The fourth-order valence-electron chi connectivity index (χ4n) is 2.79. The number of likely N-dealkylation sites (N-methyl/N-ethyl adjacent to an activating group) is 1. The summed E-state index contributed by atoms with van der Waals surface area (Å²) in [4.78, 5) is 2.55. The molecule has 0 aromatic heterocycles. The predicted molar refractivity (Wildman–Crippen MR) is 69.7 cm³/mol. The van der Waals surface area contributed by atoms with E-state index in [1.54, 1.807) is 0 Å². The Kier molecular flexibility index (Phi) is 4.26. The molecule has 94 valence electrons. The van der Waals surface area contributed by atoms with Gasteiger partial charge in [-0.05, 0) is 58.4 Å². The van der Waals surface area contributed by atoms with Gasteiger partial charge in [0.25, 0.3) is 0 Å². The molecule has 2 saturated carbocycles. The number of hydrogen-bond acceptors (Lipinski definition) is 2. The molecule has 1 atom stereocenters. The summed E-state index contributed by atoms with van der Waals surface area (Å²) in [6.45, 7) is 5.92. The fraction of sp³-hybridized carbons (Fsp3) is 1.00. The summed E-state index contributed by atoms with van der Waals surface area (Å²) in [7, 11) is 2.28. The lowest BCUT2D eigenvalue weighted by Gasteiger charge is -2.30. The van der Waals surface area contributed by atoms with Crippen LogP contribution in [0.5, 0.6) is 0 Å². The third-order valence-electron chi connectivity index (χ3n) is 4.54. The molecule has 0 amide bonds. The molecule has 0 bridgehead atoms. The largest absolute Gasteiger partial charge is 0.312 e. The zero-order chi connectivity index (χ0) is 11.5. The Morgan fingerprint density at radius 2 is 1.75 bits per heavy atom. The SMILES string of the molecule is CC1CCC(NCC(C)N(C)C2CC2)CC1. The monoisotopic (exact) mass is 224 g/mol. The normalized spacial score (nSPS) is 33.0. The van der Waals surface area contributed by atoms with Crippen LogP contribution in [0.1, 0.15) is 52.4 Å². The van der Waals surface area contributed by atoms with Crippen LogP contribution in [0, 0.1) is 5.92 Å². The van der Waals surface area contributed by atoms with Gasteiger partial charge in [0.2, 0.25) is 0 Å². The quantitative estimate of drug-likeness (QED) is 0.772. The van der Waals surface area contributed by atoms with Crippen molar-refractivity contribution in [3.8, 4) is 0 Å². The zero-order valence-corrected chi connectivity index (χ0v) is 11.2. The highest BCUT2D eigenvalue weighted by Gasteiger charge is 2.29. The first-order chi connectivity index (χ1) is 7.66. The smallest absolute Gasteiger partial charge is 0.0192 e. The van der Waals surface area contributed by atoms with Gasteiger partial charge in [0.1, 0.15) is 0 Å². The van der Waals surface area contributed by atoms with Crippen molar-refractivity contribution < 1.29 is 0 Å². The lowest BCUT2D eigenvalue weighted by molar-refractivity contribution is 0.222. The van der Waals surface area contributed by atoms with Crippen molar-refractivity contribution in [3.05, 3.63) is 0 Å². The highest BCUT2D eigenvalue weighted by molar-refractivity contribution is 4.86. The van der Waals surface area contributed by atoms with E-state index < -0.39 is 0 Å². The second-order valence-electron chi connectivity index (χ2n) is 6.11. The molecular formula is C14H28N2. The molecular weight excluding hydrogens is 196 g/mol. The van der Waals surface area contributed by atoms with Crippen LogP contribution in [0.25, 0.3) is 0 Å². The van der Waals surface area contributed by atoms with Crippen molar-refractivity contribution in [2.75, 3.05) is 13.6 Å². The van der Waals surface area contributed by atoms with Crippen molar-refractivity contribution in [3.63, 3.8) is 0 Å². The summed E-state index contributed by atoms with van der Waals surface area (Å²) in [5.74, 6) is 0.963. The van der Waals surface area contributed by atoms with E-state index in [1.165, 1.54) is 45.1 Å². The Labute approximate surface area is 101 Å². The molecule has 2 aliphatic rings. The van der Waals surface area contributed by atoms with Gasteiger partial charge in [-0.1, -0.05) is 6.92 Å². The van der Waals surface area contributed by atoms with Crippen LogP contribution in [0.2, 0.25) is 0 Å². The average molecular weight is 224 g/mol. The molecule has 1 unspecified atom stereocenters. The molecule has 2 rings (SSSR count).